The van der Waals surface area contributed by atoms with E-state index in [1.54, 1.807) is 9.84 Å². The first-order valence-corrected chi connectivity index (χ1v) is 3.47. The zero-order chi connectivity index (χ0) is 7.70. The molecule has 4 atom stereocenters. The number of nitrogens with two attached hydrogens (primary N) is 1. The summed E-state index contributed by atoms with van der Waals surface area (Å²) in [5.41, 5.74) is 1.04. The van der Waals surface area contributed by atoms with Gasteiger partial charge in [-0.15, -0.1) is 0 Å². The third-order valence-corrected chi connectivity index (χ3v) is 2.06. The molecule has 2 nitrogen and oxygen atoms in total. The van der Waals surface area contributed by atoms with Crippen molar-refractivity contribution in [1.29, 1.82) is 1.28 Å². The zero-order valence-electron chi connectivity index (χ0n) is 7.92. The van der Waals surface area contributed by atoms with Crippen molar-refractivity contribution in [3.8, 4) is 0 Å². The van der Waals surface area contributed by atoms with Gasteiger partial charge in [0.25, 0.3) is 0 Å². The summed E-state index contributed by atoms with van der Waals surface area (Å²) in [5, 5.41) is 0. The van der Waals surface area contributed by atoms with Gasteiger partial charge in [-0.3, -0.25) is 0 Å². The number of carbonyl (C=O) groups is 1. The van der Waals surface area contributed by atoms with E-state index >= 15 is 0 Å². The molecule has 4 unspecified atom stereocenters. The van der Waals surface area contributed by atoms with Crippen LogP contribution in [-0.2, 0) is 37.5 Å². The molecule has 1 fully saturated rings. The molecule has 2 N–H and O–H groups in total. The summed E-state index contributed by atoms with van der Waals surface area (Å²) in [6.07, 6.45) is 1.37. The van der Waals surface area contributed by atoms with Gasteiger partial charge in [0.1, 0.15) is 13.8 Å². The molecular weight excluding hydrogens is 271 g/mol. The third kappa shape index (κ3) is 24.5. The monoisotopic (exact) mass is 289 g/mol. The standard InChI is InChI=1S/C3H7BP.CH2O.H2N.2H3P.Y/c1-2-3-4-5-3;1-2;;;;/h3,5H,2H2,1H3;1H2;1H2;2*1H3;/q;;-1;;;/i;;;1D;;. The molecule has 0 bridgehead atoms. The summed E-state index contributed by atoms with van der Waals surface area (Å²) in [4.78, 5) is 8.00. The van der Waals surface area contributed by atoms with E-state index in [2.05, 4.69) is 13.9 Å². The number of hydrogen-bond acceptors (Lipinski definition) is 1. The van der Waals surface area contributed by atoms with Crippen molar-refractivity contribution in [2.45, 2.75) is 18.9 Å². The number of carbonyl (C=O) groups excluding carboxylic acids is 1. The Balaban J connectivity index is -0.0000000213. The van der Waals surface area contributed by atoms with Crippen LogP contribution in [0.2, 0.25) is 0 Å². The predicted molar refractivity (Wildman–Crippen MR) is 62.8 cm³/mol. The maximum absolute atomic E-state index is 8.00. The van der Waals surface area contributed by atoms with Crippen LogP contribution in [0.25, 0.3) is 6.15 Å². The normalized spacial score (nSPS) is 18.0. The first-order chi connectivity index (χ1) is 4.43. The van der Waals surface area contributed by atoms with E-state index in [0.717, 1.165) is 5.56 Å². The summed E-state index contributed by atoms with van der Waals surface area (Å²) in [6.45, 7) is 6.61. The largest absolute Gasteiger partial charge is 0.693 e. The van der Waals surface area contributed by atoms with E-state index in [-0.39, 0.29) is 48.8 Å². The molecule has 1 aliphatic rings. The Labute approximate surface area is 105 Å². The molecule has 2 radical (unpaired) electrons. The summed E-state index contributed by atoms with van der Waals surface area (Å²) < 4.78 is 5.67. The van der Waals surface area contributed by atoms with E-state index in [9.17, 15) is 0 Å². The Morgan fingerprint density at radius 2 is 1.91 bits per heavy atom. The van der Waals surface area contributed by atoms with Crippen LogP contribution >= 0.6 is 28.2 Å². The Hall–Kier alpha value is 2.09. The van der Waals surface area contributed by atoms with E-state index in [0.29, 0.717) is 0 Å². The van der Waals surface area contributed by atoms with Crippen LogP contribution in [0, 0.1) is 0 Å². The quantitative estimate of drug-likeness (QED) is 0.535. The van der Waals surface area contributed by atoms with Crippen LogP contribution in [0.1, 0.15) is 13.3 Å². The topological polar surface area (TPSA) is 50.6 Å². The van der Waals surface area contributed by atoms with Crippen molar-refractivity contribution in [2.75, 3.05) is 0 Å². The molecule has 1 aliphatic heterocycles. The van der Waals surface area contributed by atoms with Gasteiger partial charge >= 0.3 is 0 Å². The Morgan fingerprint density at radius 1 is 1.64 bits per heavy atom. The van der Waals surface area contributed by atoms with Crippen LogP contribution in [0.4, 0.5) is 0 Å². The van der Waals surface area contributed by atoms with Crippen LogP contribution in [0.15, 0.2) is 0 Å². The third-order valence-electron chi connectivity index (χ3n) is 0.842. The van der Waals surface area contributed by atoms with Gasteiger partial charge in [0.05, 0.1) is 1.28 Å². The van der Waals surface area contributed by atoms with Crippen LogP contribution in [-0.4, -0.2) is 20.6 Å². The summed E-state index contributed by atoms with van der Waals surface area (Å²) in [5.74, 6) is 0. The minimum Gasteiger partial charge on any atom is -0.693 e. The van der Waals surface area contributed by atoms with Crippen molar-refractivity contribution >= 4 is 42.0 Å². The fraction of sp³-hybridized carbons (Fsp3) is 0.750. The Morgan fingerprint density at radius 3 is 1.91 bits per heavy atom. The molecule has 66 valence electrons. The first kappa shape index (κ1) is 23.2. The minimum absolute atomic E-state index is 0. The summed E-state index contributed by atoms with van der Waals surface area (Å²) >= 11 is 0. The van der Waals surface area contributed by atoms with Gasteiger partial charge in [0, 0.05) is 32.7 Å². The average Bonchev–Trinajstić information content (AvgIpc) is 2.78. The Bertz CT molecular complexity index is 65.6. The van der Waals surface area contributed by atoms with Gasteiger partial charge in [0.15, 0.2) is 0 Å². The maximum atomic E-state index is 8.00. The predicted octanol–water partition coefficient (Wildman–Crippen LogP) is 1.68. The van der Waals surface area contributed by atoms with E-state index in [4.69, 9.17) is 6.07 Å². The molecule has 7 heteroatoms. The zero-order valence-corrected chi connectivity index (χ0v) is 13.3. The minimum atomic E-state index is 0. The molecule has 0 aliphatic carbocycles. The van der Waals surface area contributed by atoms with Crippen molar-refractivity contribution in [3.05, 3.63) is 6.15 Å². The maximum Gasteiger partial charge on any atom is 0.149 e. The molecule has 1 rings (SSSR count). The number of rotatable bonds is 1. The molecule has 0 aromatic rings. The molecule has 0 aromatic heterocycles. The van der Waals surface area contributed by atoms with Gasteiger partial charge in [-0.1, -0.05) is 18.9 Å². The van der Waals surface area contributed by atoms with Crippen LogP contribution in [0.5, 0.6) is 0 Å². The van der Waals surface area contributed by atoms with Crippen molar-refractivity contribution in [2.24, 2.45) is 0 Å². The Kier molecular flexibility index (Phi) is 47.8. The fourth-order valence-corrected chi connectivity index (χ4v) is 0.911. The molecule has 11 heavy (non-hydrogen) atoms. The second-order valence-corrected chi connectivity index (χ2v) is 2.76. The second kappa shape index (κ2) is 22.7. The van der Waals surface area contributed by atoms with E-state index in [1.165, 1.54) is 14.9 Å². The summed E-state index contributed by atoms with van der Waals surface area (Å²) in [6, 6.07) is 0. The van der Waals surface area contributed by atoms with E-state index < -0.39 is 0 Å². The van der Waals surface area contributed by atoms with Gasteiger partial charge in [-0.2, -0.15) is 28.2 Å². The molecule has 0 amide bonds. The smallest absolute Gasteiger partial charge is 0.149 e. The first-order valence-electron chi connectivity index (χ1n) is 2.89. The van der Waals surface area contributed by atoms with Crippen molar-refractivity contribution in [1.82, 2.24) is 0 Å². The fourth-order valence-electron chi connectivity index (χ4n) is 0.304. The van der Waals surface area contributed by atoms with Gasteiger partial charge < -0.3 is 10.9 Å². The van der Waals surface area contributed by atoms with Gasteiger partial charge in [-0.25, -0.2) is 0 Å². The molecular formula is C4H17BNOP3Y-. The van der Waals surface area contributed by atoms with Crippen molar-refractivity contribution in [3.63, 3.8) is 0 Å². The molecule has 0 spiro atoms. The SMILES string of the molecule is C=O.CCC1[B]P1.P.[2H]P.[NH2-].[Y]. The van der Waals surface area contributed by atoms with Gasteiger partial charge in [0.2, 0.25) is 0 Å². The molecule has 0 saturated carbocycles. The number of hydrogen-bond donors (Lipinski definition) is 0. The van der Waals surface area contributed by atoms with Crippen LogP contribution < -0.4 is 0 Å². The summed E-state index contributed by atoms with van der Waals surface area (Å²) in [7, 11) is 2.87. The van der Waals surface area contributed by atoms with Crippen LogP contribution in [0.3, 0.4) is 0 Å². The second-order valence-electron chi connectivity index (χ2n) is 1.35. The molecule has 1 heterocycles. The average molecular weight is 289 g/mol. The molecule has 1 saturated heterocycles. The molecule has 0 aromatic carbocycles. The van der Waals surface area contributed by atoms with Gasteiger partial charge in [-0.05, 0) is 0 Å². The van der Waals surface area contributed by atoms with E-state index in [1.807, 2.05) is 6.79 Å². The van der Waals surface area contributed by atoms with Crippen molar-refractivity contribution < 1.29 is 37.5 Å².